The Morgan fingerprint density at radius 3 is 1.96 bits per heavy atom. The second kappa shape index (κ2) is 6.55. The molecule has 0 saturated carbocycles. The van der Waals surface area contributed by atoms with Gasteiger partial charge in [-0.25, -0.2) is 0 Å². The van der Waals surface area contributed by atoms with Crippen molar-refractivity contribution in [1.82, 2.24) is 0 Å². The van der Waals surface area contributed by atoms with Crippen molar-refractivity contribution in [3.8, 4) is 11.5 Å². The van der Waals surface area contributed by atoms with Gasteiger partial charge in [-0.1, -0.05) is 11.6 Å². The largest absolute Gasteiger partial charge is 0.444 e. The van der Waals surface area contributed by atoms with E-state index < -0.39 is 38.7 Å². The standard InChI is InChI=1S/C14H8ClF3N2O5/c1-7-4-9(2-3-10(7)15)25-13-11(19(21)22)5-8(14(16,17)18)6-12(13)20(23)24/h2-6H,1H3. The Bertz CT molecular complexity index is 835. The van der Waals surface area contributed by atoms with Gasteiger partial charge in [0.1, 0.15) is 5.75 Å². The van der Waals surface area contributed by atoms with Gasteiger partial charge in [0.15, 0.2) is 0 Å². The van der Waals surface area contributed by atoms with Crippen LogP contribution in [0.2, 0.25) is 5.02 Å². The number of nitro groups is 2. The van der Waals surface area contributed by atoms with E-state index in [9.17, 15) is 33.4 Å². The molecule has 0 fully saturated rings. The highest BCUT2D eigenvalue weighted by atomic mass is 35.5. The van der Waals surface area contributed by atoms with Gasteiger partial charge in [0.2, 0.25) is 0 Å². The lowest BCUT2D eigenvalue weighted by Crippen LogP contribution is -2.08. The van der Waals surface area contributed by atoms with Gasteiger partial charge in [0.25, 0.3) is 5.75 Å². The van der Waals surface area contributed by atoms with Gasteiger partial charge < -0.3 is 4.74 Å². The first kappa shape index (κ1) is 18.5. The molecule has 0 N–H and O–H groups in total. The van der Waals surface area contributed by atoms with Crippen LogP contribution in [-0.4, -0.2) is 9.85 Å². The van der Waals surface area contributed by atoms with Gasteiger partial charge >= 0.3 is 17.6 Å². The second-order valence-corrected chi connectivity index (χ2v) is 5.28. The molecule has 2 rings (SSSR count). The van der Waals surface area contributed by atoms with Crippen LogP contribution in [0, 0.1) is 27.2 Å². The van der Waals surface area contributed by atoms with E-state index in [1.54, 1.807) is 6.92 Å². The van der Waals surface area contributed by atoms with Crippen molar-refractivity contribution in [2.75, 3.05) is 0 Å². The van der Waals surface area contributed by atoms with Gasteiger partial charge in [-0.05, 0) is 30.7 Å². The average Bonchev–Trinajstić information content (AvgIpc) is 2.49. The molecular formula is C14H8ClF3N2O5. The molecule has 25 heavy (non-hydrogen) atoms. The summed E-state index contributed by atoms with van der Waals surface area (Å²) >= 11 is 5.82. The molecule has 132 valence electrons. The van der Waals surface area contributed by atoms with Crippen LogP contribution in [-0.2, 0) is 6.18 Å². The monoisotopic (exact) mass is 376 g/mol. The van der Waals surface area contributed by atoms with E-state index in [1.807, 2.05) is 0 Å². The molecule has 7 nitrogen and oxygen atoms in total. The van der Waals surface area contributed by atoms with Gasteiger partial charge in [0.05, 0.1) is 15.4 Å². The number of rotatable bonds is 4. The molecule has 2 aromatic rings. The van der Waals surface area contributed by atoms with Gasteiger partial charge in [0, 0.05) is 17.2 Å². The maximum atomic E-state index is 12.8. The lowest BCUT2D eigenvalue weighted by atomic mass is 10.1. The fourth-order valence-corrected chi connectivity index (χ4v) is 2.05. The lowest BCUT2D eigenvalue weighted by molar-refractivity contribution is -0.396. The number of alkyl halides is 3. The highest BCUT2D eigenvalue weighted by molar-refractivity contribution is 6.31. The molecule has 0 amide bonds. The minimum Gasteiger partial charge on any atom is -0.444 e. The summed E-state index contributed by atoms with van der Waals surface area (Å²) in [5, 5.41) is 22.6. The van der Waals surface area contributed by atoms with E-state index in [-0.39, 0.29) is 17.9 Å². The number of benzene rings is 2. The molecular weight excluding hydrogens is 369 g/mol. The van der Waals surface area contributed by atoms with Crippen molar-refractivity contribution in [2.24, 2.45) is 0 Å². The second-order valence-electron chi connectivity index (χ2n) is 4.87. The van der Waals surface area contributed by atoms with E-state index in [2.05, 4.69) is 0 Å². The quantitative estimate of drug-likeness (QED) is 0.534. The molecule has 0 atom stereocenters. The summed E-state index contributed by atoms with van der Waals surface area (Å²) in [6, 6.07) is 4.37. The summed E-state index contributed by atoms with van der Waals surface area (Å²) in [7, 11) is 0. The number of nitrogens with zero attached hydrogens (tertiary/aromatic N) is 2. The van der Waals surface area contributed by atoms with Crippen LogP contribution in [0.5, 0.6) is 11.5 Å². The third kappa shape index (κ3) is 3.97. The molecule has 2 aromatic carbocycles. The molecule has 0 bridgehead atoms. The molecule has 0 aromatic heterocycles. The normalized spacial score (nSPS) is 11.2. The van der Waals surface area contributed by atoms with E-state index in [4.69, 9.17) is 16.3 Å². The molecule has 0 aliphatic heterocycles. The predicted molar refractivity (Wildman–Crippen MR) is 81.0 cm³/mol. The Kier molecular flexibility index (Phi) is 4.84. The maximum Gasteiger partial charge on any atom is 0.416 e. The van der Waals surface area contributed by atoms with Crippen molar-refractivity contribution in [2.45, 2.75) is 13.1 Å². The SMILES string of the molecule is Cc1cc(Oc2c([N+](=O)[O-])cc(C(F)(F)F)cc2[N+](=O)[O-])ccc1Cl. The number of hydrogen-bond donors (Lipinski definition) is 0. The zero-order valence-corrected chi connectivity index (χ0v) is 13.1. The van der Waals surface area contributed by atoms with Crippen molar-refractivity contribution >= 4 is 23.0 Å². The Morgan fingerprint density at radius 2 is 1.56 bits per heavy atom. The fourth-order valence-electron chi connectivity index (χ4n) is 1.94. The first-order valence-electron chi connectivity index (χ1n) is 6.48. The minimum absolute atomic E-state index is 0.0483. The molecule has 0 unspecified atom stereocenters. The average molecular weight is 377 g/mol. The van der Waals surface area contributed by atoms with E-state index in [0.29, 0.717) is 10.6 Å². The maximum absolute atomic E-state index is 12.8. The van der Waals surface area contributed by atoms with Crippen molar-refractivity contribution in [3.05, 3.63) is 66.7 Å². The number of ether oxygens (including phenoxy) is 1. The topological polar surface area (TPSA) is 95.5 Å². The molecule has 0 aliphatic rings. The summed E-state index contributed by atoms with van der Waals surface area (Å²) in [6.45, 7) is 1.59. The van der Waals surface area contributed by atoms with E-state index >= 15 is 0 Å². The molecule has 0 aliphatic carbocycles. The summed E-state index contributed by atoms with van der Waals surface area (Å²) in [6.07, 6.45) is -5.00. The highest BCUT2D eigenvalue weighted by Crippen LogP contribution is 2.44. The third-order valence-electron chi connectivity index (χ3n) is 3.12. The number of halogens is 4. The van der Waals surface area contributed by atoms with Crippen molar-refractivity contribution in [3.63, 3.8) is 0 Å². The Hall–Kier alpha value is -2.88. The van der Waals surface area contributed by atoms with Crippen LogP contribution in [0.4, 0.5) is 24.5 Å². The van der Waals surface area contributed by atoms with Crippen molar-refractivity contribution < 1.29 is 27.8 Å². The first-order valence-corrected chi connectivity index (χ1v) is 6.86. The van der Waals surface area contributed by atoms with Crippen molar-refractivity contribution in [1.29, 1.82) is 0 Å². The number of nitro benzene ring substituents is 2. The Balaban J connectivity index is 2.67. The van der Waals surface area contributed by atoms with Crippen LogP contribution in [0.25, 0.3) is 0 Å². The molecule has 0 heterocycles. The van der Waals surface area contributed by atoms with Crippen LogP contribution >= 0.6 is 11.6 Å². The number of aryl methyl sites for hydroxylation is 1. The van der Waals surface area contributed by atoms with E-state index in [1.165, 1.54) is 18.2 Å². The number of hydrogen-bond acceptors (Lipinski definition) is 5. The zero-order valence-electron chi connectivity index (χ0n) is 12.3. The highest BCUT2D eigenvalue weighted by Gasteiger charge is 2.38. The Morgan fingerprint density at radius 1 is 1.04 bits per heavy atom. The predicted octanol–water partition coefficient (Wildman–Crippen LogP) is 5.28. The smallest absolute Gasteiger partial charge is 0.416 e. The molecule has 0 saturated heterocycles. The lowest BCUT2D eigenvalue weighted by Gasteiger charge is -2.11. The summed E-state index contributed by atoms with van der Waals surface area (Å²) in [5.41, 5.74) is -3.36. The first-order chi connectivity index (χ1) is 11.5. The molecule has 11 heteroatoms. The summed E-state index contributed by atoms with van der Waals surface area (Å²) in [4.78, 5) is 19.8. The van der Waals surface area contributed by atoms with Crippen LogP contribution in [0.15, 0.2) is 30.3 Å². The van der Waals surface area contributed by atoms with Gasteiger partial charge in [-0.15, -0.1) is 0 Å². The van der Waals surface area contributed by atoms with E-state index in [0.717, 1.165) is 0 Å². The Labute approximate surface area is 142 Å². The van der Waals surface area contributed by atoms with Crippen LogP contribution in [0.3, 0.4) is 0 Å². The minimum atomic E-state index is -5.00. The molecule has 0 spiro atoms. The third-order valence-corrected chi connectivity index (χ3v) is 3.54. The fraction of sp³-hybridized carbons (Fsp3) is 0.143. The van der Waals surface area contributed by atoms with Gasteiger partial charge in [-0.3, -0.25) is 20.2 Å². The summed E-state index contributed by atoms with van der Waals surface area (Å²) < 4.78 is 43.6. The molecule has 0 radical (unpaired) electrons. The van der Waals surface area contributed by atoms with Gasteiger partial charge in [-0.2, -0.15) is 13.2 Å². The summed E-state index contributed by atoms with van der Waals surface area (Å²) in [5.74, 6) is -0.947. The zero-order chi connectivity index (χ0) is 18.9. The van der Waals surface area contributed by atoms with Crippen LogP contribution in [0.1, 0.15) is 11.1 Å². The van der Waals surface area contributed by atoms with Crippen LogP contribution < -0.4 is 4.74 Å².